The number of nitrogens with one attached hydrogen (secondary N) is 3. The number of hydrogen-bond acceptors (Lipinski definition) is 7. The van der Waals surface area contributed by atoms with Gasteiger partial charge in [0.25, 0.3) is 0 Å². The summed E-state index contributed by atoms with van der Waals surface area (Å²) in [5.41, 5.74) is 8.18. The lowest BCUT2D eigenvalue weighted by atomic mass is 10.0. The van der Waals surface area contributed by atoms with Gasteiger partial charge in [0.15, 0.2) is 0 Å². The van der Waals surface area contributed by atoms with Crippen LogP contribution in [-0.2, 0) is 38.4 Å². The molecule has 0 aromatic heterocycles. The van der Waals surface area contributed by atoms with E-state index in [-0.39, 0.29) is 30.8 Å². The highest BCUT2D eigenvalue weighted by atomic mass is 16.4. The summed E-state index contributed by atoms with van der Waals surface area (Å²) in [5, 5.41) is 36.1. The molecule has 3 rings (SSSR count). The van der Waals surface area contributed by atoms with Gasteiger partial charge in [0.05, 0.1) is 6.04 Å². The average Bonchev–Trinajstić information content (AvgIpc) is 2.95. The molecule has 3 aromatic rings. The molecule has 0 bridgehead atoms. The van der Waals surface area contributed by atoms with Gasteiger partial charge in [-0.05, 0) is 54.3 Å². The Labute approximate surface area is 237 Å². The number of phenols is 2. The van der Waals surface area contributed by atoms with Crippen molar-refractivity contribution in [2.24, 2.45) is 5.73 Å². The van der Waals surface area contributed by atoms with Crippen molar-refractivity contribution in [3.05, 3.63) is 95.6 Å². The van der Waals surface area contributed by atoms with Gasteiger partial charge < -0.3 is 37.0 Å². The first-order valence-corrected chi connectivity index (χ1v) is 13.0. The monoisotopic (exact) mass is 562 g/mol. The molecule has 11 nitrogen and oxygen atoms in total. The van der Waals surface area contributed by atoms with Crippen LogP contribution in [0.25, 0.3) is 0 Å². The summed E-state index contributed by atoms with van der Waals surface area (Å²) in [5.74, 6) is -3.12. The molecule has 0 fully saturated rings. The van der Waals surface area contributed by atoms with Gasteiger partial charge in [-0.3, -0.25) is 19.2 Å². The van der Waals surface area contributed by atoms with Crippen LogP contribution in [0.3, 0.4) is 0 Å². The van der Waals surface area contributed by atoms with E-state index in [0.717, 1.165) is 5.56 Å². The van der Waals surface area contributed by atoms with Crippen molar-refractivity contribution in [1.82, 2.24) is 16.0 Å². The molecule has 0 saturated heterocycles. The van der Waals surface area contributed by atoms with Crippen molar-refractivity contribution in [2.45, 2.75) is 50.4 Å². The van der Waals surface area contributed by atoms with E-state index in [1.165, 1.54) is 31.2 Å². The summed E-state index contributed by atoms with van der Waals surface area (Å²) < 4.78 is 0. The van der Waals surface area contributed by atoms with Gasteiger partial charge >= 0.3 is 5.97 Å². The van der Waals surface area contributed by atoms with E-state index in [2.05, 4.69) is 16.0 Å². The number of aliphatic carboxylic acids is 1. The van der Waals surface area contributed by atoms with Crippen LogP contribution in [0.5, 0.6) is 11.5 Å². The maximum absolute atomic E-state index is 13.6. The molecule has 216 valence electrons. The Morgan fingerprint density at radius 2 is 1.05 bits per heavy atom. The molecule has 3 amide bonds. The van der Waals surface area contributed by atoms with E-state index in [1.54, 1.807) is 54.6 Å². The molecule has 4 unspecified atom stereocenters. The number of hydrogen-bond donors (Lipinski definition) is 7. The Morgan fingerprint density at radius 3 is 1.54 bits per heavy atom. The highest BCUT2D eigenvalue weighted by Gasteiger charge is 2.30. The number of carbonyl (C=O) groups is 4. The van der Waals surface area contributed by atoms with Gasteiger partial charge in [0.1, 0.15) is 29.6 Å². The van der Waals surface area contributed by atoms with Gasteiger partial charge in [-0.1, -0.05) is 54.6 Å². The Bertz CT molecular complexity index is 1330. The number of rotatable bonds is 13. The van der Waals surface area contributed by atoms with Crippen LogP contribution < -0.4 is 21.7 Å². The summed E-state index contributed by atoms with van der Waals surface area (Å²) in [6.07, 6.45) is 0.242. The molecule has 0 aliphatic heterocycles. The van der Waals surface area contributed by atoms with Crippen LogP contribution in [-0.4, -0.2) is 63.2 Å². The number of carboxylic acid groups (broad SMARTS) is 1. The lowest BCUT2D eigenvalue weighted by Crippen LogP contribution is -2.58. The number of carboxylic acids is 1. The topological polar surface area (TPSA) is 191 Å². The zero-order valence-corrected chi connectivity index (χ0v) is 22.5. The predicted octanol–water partition coefficient (Wildman–Crippen LogP) is 1.01. The smallest absolute Gasteiger partial charge is 0.325 e. The molecule has 11 heteroatoms. The van der Waals surface area contributed by atoms with Gasteiger partial charge in [0, 0.05) is 12.8 Å². The molecule has 0 spiro atoms. The second-order valence-corrected chi connectivity index (χ2v) is 9.73. The number of amides is 3. The molecule has 8 N–H and O–H groups in total. The number of phenolic OH excluding ortho intramolecular Hbond substituents is 2. The Balaban J connectivity index is 1.81. The van der Waals surface area contributed by atoms with Crippen LogP contribution >= 0.6 is 0 Å². The van der Waals surface area contributed by atoms with Crippen molar-refractivity contribution in [3.8, 4) is 11.5 Å². The Kier molecular flexibility index (Phi) is 10.8. The second-order valence-electron chi connectivity index (χ2n) is 9.73. The quantitative estimate of drug-likeness (QED) is 0.160. The third-order valence-electron chi connectivity index (χ3n) is 6.38. The van der Waals surface area contributed by atoms with E-state index in [0.29, 0.717) is 11.1 Å². The average molecular weight is 563 g/mol. The fraction of sp³-hybridized carbons (Fsp3) is 0.267. The number of benzene rings is 3. The molecule has 3 aromatic carbocycles. The maximum Gasteiger partial charge on any atom is 0.325 e. The first kappa shape index (κ1) is 30.6. The van der Waals surface area contributed by atoms with E-state index in [1.807, 2.05) is 0 Å². The molecule has 4 atom stereocenters. The van der Waals surface area contributed by atoms with Crippen LogP contribution in [0.1, 0.15) is 23.6 Å². The lowest BCUT2D eigenvalue weighted by molar-refractivity contribution is -0.141. The zero-order valence-electron chi connectivity index (χ0n) is 22.5. The number of carbonyl (C=O) groups excluding carboxylic acids is 3. The molecular weight excluding hydrogens is 528 g/mol. The van der Waals surface area contributed by atoms with Crippen molar-refractivity contribution >= 4 is 23.7 Å². The third-order valence-corrected chi connectivity index (χ3v) is 6.38. The molecule has 0 radical (unpaired) electrons. The van der Waals surface area contributed by atoms with Gasteiger partial charge in [-0.2, -0.15) is 0 Å². The van der Waals surface area contributed by atoms with Crippen molar-refractivity contribution in [3.63, 3.8) is 0 Å². The minimum atomic E-state index is -1.23. The first-order chi connectivity index (χ1) is 19.5. The normalized spacial score (nSPS) is 13.7. The summed E-state index contributed by atoms with van der Waals surface area (Å²) in [7, 11) is 0. The molecule has 0 aliphatic rings. The van der Waals surface area contributed by atoms with Crippen LogP contribution in [0.15, 0.2) is 78.9 Å². The van der Waals surface area contributed by atoms with Crippen LogP contribution in [0, 0.1) is 0 Å². The second kappa shape index (κ2) is 14.5. The minimum absolute atomic E-state index is 0.0228. The molecule has 0 heterocycles. The predicted molar refractivity (Wildman–Crippen MR) is 151 cm³/mol. The van der Waals surface area contributed by atoms with E-state index in [9.17, 15) is 34.5 Å². The van der Waals surface area contributed by atoms with Crippen LogP contribution in [0.4, 0.5) is 0 Å². The maximum atomic E-state index is 13.6. The fourth-order valence-corrected chi connectivity index (χ4v) is 4.04. The van der Waals surface area contributed by atoms with Gasteiger partial charge in [-0.25, -0.2) is 0 Å². The highest BCUT2D eigenvalue weighted by molar-refractivity contribution is 5.94. The van der Waals surface area contributed by atoms with Crippen LogP contribution in [0.2, 0.25) is 0 Å². The third kappa shape index (κ3) is 9.66. The van der Waals surface area contributed by atoms with E-state index in [4.69, 9.17) is 5.73 Å². The molecular formula is C30H34N4O7. The summed E-state index contributed by atoms with van der Waals surface area (Å²) >= 11 is 0. The summed E-state index contributed by atoms with van der Waals surface area (Å²) in [4.78, 5) is 51.0. The molecule has 41 heavy (non-hydrogen) atoms. The van der Waals surface area contributed by atoms with Gasteiger partial charge in [-0.15, -0.1) is 0 Å². The SMILES string of the molecule is CC(NC(=O)C(Cc1ccccc1)NC(=O)C(Cc1ccc(O)cc1)NC(=O)C(N)Cc1ccc(O)cc1)C(=O)O. The van der Waals surface area contributed by atoms with Crippen molar-refractivity contribution in [2.75, 3.05) is 0 Å². The zero-order chi connectivity index (χ0) is 29.9. The minimum Gasteiger partial charge on any atom is -0.508 e. The highest BCUT2D eigenvalue weighted by Crippen LogP contribution is 2.14. The van der Waals surface area contributed by atoms with Crippen molar-refractivity contribution in [1.29, 1.82) is 0 Å². The molecule has 0 saturated carbocycles. The van der Waals surface area contributed by atoms with Crippen molar-refractivity contribution < 1.29 is 34.5 Å². The lowest BCUT2D eigenvalue weighted by Gasteiger charge is -2.25. The number of nitrogens with two attached hydrogens (primary N) is 1. The Hall–Kier alpha value is -4.90. The summed E-state index contributed by atoms with van der Waals surface area (Å²) in [6.45, 7) is 1.31. The van der Waals surface area contributed by atoms with Gasteiger partial charge in [0.2, 0.25) is 17.7 Å². The first-order valence-electron chi connectivity index (χ1n) is 13.0. The Morgan fingerprint density at radius 1 is 0.634 bits per heavy atom. The molecule has 0 aliphatic carbocycles. The standard InChI is InChI=1S/C30H34N4O7/c1-18(30(40)41)32-28(38)25(16-19-5-3-2-4-6-19)34-29(39)26(17-21-9-13-23(36)14-10-21)33-27(37)24(31)15-20-7-11-22(35)12-8-20/h2-14,18,24-26,35-36H,15-17,31H2,1H3,(H,32,38)(H,33,37)(H,34,39)(H,40,41). The largest absolute Gasteiger partial charge is 0.508 e. The van der Waals surface area contributed by atoms with E-state index >= 15 is 0 Å². The summed E-state index contributed by atoms with van der Waals surface area (Å²) in [6, 6.07) is 16.7. The van der Waals surface area contributed by atoms with E-state index < -0.39 is 47.9 Å². The fourth-order valence-electron chi connectivity index (χ4n) is 4.04. The number of aromatic hydroxyl groups is 2.